The van der Waals surface area contributed by atoms with Crippen LogP contribution < -0.4 is 9.80 Å². The molecular formula is C23H25N3. The van der Waals surface area contributed by atoms with E-state index in [1.54, 1.807) is 0 Å². The summed E-state index contributed by atoms with van der Waals surface area (Å²) in [6, 6.07) is 27.2. The monoisotopic (exact) mass is 343 g/mol. The van der Waals surface area contributed by atoms with Crippen molar-refractivity contribution in [3.05, 3.63) is 90.0 Å². The first kappa shape index (κ1) is 17.7. The third-order valence-electron chi connectivity index (χ3n) is 4.31. The number of hydrogen-bond acceptors (Lipinski definition) is 3. The van der Waals surface area contributed by atoms with Crippen molar-refractivity contribution >= 4 is 22.8 Å². The van der Waals surface area contributed by atoms with Crippen LogP contribution in [0, 0.1) is 0 Å². The second-order valence-electron chi connectivity index (χ2n) is 6.68. The van der Waals surface area contributed by atoms with Crippen LogP contribution in [0.5, 0.6) is 0 Å². The summed E-state index contributed by atoms with van der Waals surface area (Å²) < 4.78 is 0. The van der Waals surface area contributed by atoms with Gasteiger partial charge in [0.15, 0.2) is 0 Å². The van der Waals surface area contributed by atoms with Gasteiger partial charge in [-0.15, -0.1) is 0 Å². The van der Waals surface area contributed by atoms with Gasteiger partial charge in [-0.2, -0.15) is 0 Å². The molecule has 0 saturated carbocycles. The average molecular weight is 343 g/mol. The molecule has 3 heteroatoms. The molecule has 3 rings (SSSR count). The van der Waals surface area contributed by atoms with Crippen molar-refractivity contribution in [2.24, 2.45) is 4.99 Å². The van der Waals surface area contributed by atoms with E-state index in [1.807, 2.05) is 58.5 Å². The van der Waals surface area contributed by atoms with E-state index in [0.717, 1.165) is 22.5 Å². The van der Waals surface area contributed by atoms with E-state index < -0.39 is 0 Å². The maximum Gasteiger partial charge on any atom is 0.0781 e. The molecule has 132 valence electrons. The molecule has 0 aromatic heterocycles. The fourth-order valence-corrected chi connectivity index (χ4v) is 2.76. The van der Waals surface area contributed by atoms with Crippen LogP contribution in [0.3, 0.4) is 0 Å². The molecule has 0 aliphatic carbocycles. The molecule has 3 aromatic rings. The van der Waals surface area contributed by atoms with Gasteiger partial charge in [0.05, 0.1) is 11.4 Å². The summed E-state index contributed by atoms with van der Waals surface area (Å²) in [6.45, 7) is 0. The topological polar surface area (TPSA) is 18.8 Å². The van der Waals surface area contributed by atoms with E-state index in [0.29, 0.717) is 0 Å². The Morgan fingerprint density at radius 3 is 1.38 bits per heavy atom. The van der Waals surface area contributed by atoms with Gasteiger partial charge < -0.3 is 9.80 Å². The zero-order valence-electron chi connectivity index (χ0n) is 15.8. The van der Waals surface area contributed by atoms with Gasteiger partial charge in [-0.3, -0.25) is 0 Å². The molecule has 0 spiro atoms. The Balaban J connectivity index is 2.06. The number of benzene rings is 3. The number of aliphatic imine (C=N–C) groups is 1. The van der Waals surface area contributed by atoms with Gasteiger partial charge in [0, 0.05) is 50.7 Å². The van der Waals surface area contributed by atoms with E-state index in [9.17, 15) is 0 Å². The second kappa shape index (κ2) is 7.87. The van der Waals surface area contributed by atoms with Gasteiger partial charge in [0.1, 0.15) is 0 Å². The Morgan fingerprint density at radius 2 is 1.00 bits per heavy atom. The summed E-state index contributed by atoms with van der Waals surface area (Å²) in [5, 5.41) is 0. The Labute approximate surface area is 156 Å². The lowest BCUT2D eigenvalue weighted by molar-refractivity contribution is 1.13. The molecule has 3 nitrogen and oxygen atoms in total. The van der Waals surface area contributed by atoms with Crippen LogP contribution in [-0.2, 0) is 0 Å². The third kappa shape index (κ3) is 4.12. The Bertz CT molecular complexity index is 808. The molecule has 3 aromatic carbocycles. The predicted molar refractivity (Wildman–Crippen MR) is 113 cm³/mol. The summed E-state index contributed by atoms with van der Waals surface area (Å²) >= 11 is 0. The van der Waals surface area contributed by atoms with Crippen molar-refractivity contribution in [1.29, 1.82) is 0 Å². The SMILES string of the molecule is CN(C)c1ccc(C(=Nc2ccccc2)c2ccc(N(C)C)cc2)cc1. The average Bonchev–Trinajstić information content (AvgIpc) is 2.67. The van der Waals surface area contributed by atoms with E-state index >= 15 is 0 Å². The fourth-order valence-electron chi connectivity index (χ4n) is 2.76. The highest BCUT2D eigenvalue weighted by atomic mass is 15.1. The highest BCUT2D eigenvalue weighted by molar-refractivity contribution is 6.14. The summed E-state index contributed by atoms with van der Waals surface area (Å²) in [5.74, 6) is 0. The Morgan fingerprint density at radius 1 is 0.577 bits per heavy atom. The highest BCUT2D eigenvalue weighted by Gasteiger charge is 2.09. The van der Waals surface area contributed by atoms with Crippen LogP contribution in [0.15, 0.2) is 83.9 Å². The minimum atomic E-state index is 0.955. The van der Waals surface area contributed by atoms with Crippen molar-refractivity contribution in [3.8, 4) is 0 Å². The quantitative estimate of drug-likeness (QED) is 0.608. The first-order valence-electron chi connectivity index (χ1n) is 8.74. The standard InChI is InChI=1S/C23H25N3/c1-25(2)21-14-10-18(11-15-21)23(24-20-8-6-5-7-9-20)19-12-16-22(17-13-19)26(3)4/h5-17H,1-4H3. The van der Waals surface area contributed by atoms with Crippen LogP contribution in [0.25, 0.3) is 0 Å². The molecule has 0 fully saturated rings. The predicted octanol–water partition coefficient (Wildman–Crippen LogP) is 4.99. The van der Waals surface area contributed by atoms with E-state index in [4.69, 9.17) is 4.99 Å². The first-order chi connectivity index (χ1) is 12.5. The first-order valence-corrected chi connectivity index (χ1v) is 8.74. The maximum atomic E-state index is 4.94. The lowest BCUT2D eigenvalue weighted by Crippen LogP contribution is -2.10. The van der Waals surface area contributed by atoms with Gasteiger partial charge in [-0.1, -0.05) is 42.5 Å². The number of para-hydroxylation sites is 1. The smallest absolute Gasteiger partial charge is 0.0781 e. The lowest BCUT2D eigenvalue weighted by atomic mass is 10.0. The number of hydrogen-bond donors (Lipinski definition) is 0. The van der Waals surface area contributed by atoms with Crippen molar-refractivity contribution in [2.75, 3.05) is 38.0 Å². The van der Waals surface area contributed by atoms with Crippen LogP contribution in [0.1, 0.15) is 11.1 Å². The molecule has 0 aliphatic heterocycles. The number of nitrogens with zero attached hydrogens (tertiary/aromatic N) is 3. The zero-order valence-corrected chi connectivity index (χ0v) is 15.8. The summed E-state index contributed by atoms with van der Waals surface area (Å²) in [6.07, 6.45) is 0. The highest BCUT2D eigenvalue weighted by Crippen LogP contribution is 2.22. The third-order valence-corrected chi connectivity index (χ3v) is 4.31. The van der Waals surface area contributed by atoms with Crippen molar-refractivity contribution in [1.82, 2.24) is 0 Å². The molecule has 0 atom stereocenters. The zero-order chi connectivity index (χ0) is 18.5. The molecule has 0 heterocycles. The van der Waals surface area contributed by atoms with Crippen molar-refractivity contribution in [3.63, 3.8) is 0 Å². The summed E-state index contributed by atoms with van der Waals surface area (Å²) in [5.41, 5.74) is 6.50. The van der Waals surface area contributed by atoms with E-state index in [-0.39, 0.29) is 0 Å². The minimum absolute atomic E-state index is 0.955. The summed E-state index contributed by atoms with van der Waals surface area (Å²) in [7, 11) is 8.20. The Kier molecular flexibility index (Phi) is 5.37. The normalized spacial score (nSPS) is 10.3. The lowest BCUT2D eigenvalue weighted by Gasteiger charge is -2.15. The van der Waals surface area contributed by atoms with Gasteiger partial charge in [0.25, 0.3) is 0 Å². The van der Waals surface area contributed by atoms with E-state index in [1.165, 1.54) is 11.4 Å². The van der Waals surface area contributed by atoms with Gasteiger partial charge in [-0.05, 0) is 36.4 Å². The minimum Gasteiger partial charge on any atom is -0.378 e. The number of anilines is 2. The number of rotatable bonds is 5. The largest absolute Gasteiger partial charge is 0.378 e. The van der Waals surface area contributed by atoms with Crippen LogP contribution in [0.4, 0.5) is 17.1 Å². The maximum absolute atomic E-state index is 4.94. The molecule has 0 unspecified atom stereocenters. The van der Waals surface area contributed by atoms with Gasteiger partial charge in [-0.25, -0.2) is 4.99 Å². The van der Waals surface area contributed by atoms with Gasteiger partial charge >= 0.3 is 0 Å². The van der Waals surface area contributed by atoms with Crippen molar-refractivity contribution in [2.45, 2.75) is 0 Å². The molecule has 0 N–H and O–H groups in total. The molecule has 0 amide bonds. The van der Waals surface area contributed by atoms with Crippen molar-refractivity contribution < 1.29 is 0 Å². The van der Waals surface area contributed by atoms with Crippen LogP contribution in [-0.4, -0.2) is 33.9 Å². The molecule has 0 aliphatic rings. The second-order valence-corrected chi connectivity index (χ2v) is 6.68. The molecule has 0 radical (unpaired) electrons. The van der Waals surface area contributed by atoms with Crippen LogP contribution in [0.2, 0.25) is 0 Å². The molecule has 26 heavy (non-hydrogen) atoms. The Hall–Kier alpha value is -3.07. The van der Waals surface area contributed by atoms with Gasteiger partial charge in [0.2, 0.25) is 0 Å². The summed E-state index contributed by atoms with van der Waals surface area (Å²) in [4.78, 5) is 9.14. The molecular weight excluding hydrogens is 318 g/mol. The van der Waals surface area contributed by atoms with Crippen LogP contribution >= 0.6 is 0 Å². The molecule has 0 bridgehead atoms. The fraction of sp³-hybridized carbons (Fsp3) is 0.174. The molecule has 0 saturated heterocycles. The van der Waals surface area contributed by atoms with E-state index in [2.05, 4.69) is 58.3 Å².